The molecule has 0 spiro atoms. The maximum Gasteiger partial charge on any atom is 0.333 e. The van der Waals surface area contributed by atoms with Crippen LogP contribution in [-0.2, 0) is 108 Å². The molecule has 77 heavy (non-hydrogen) atoms. The first-order chi connectivity index (χ1) is 36.5. The average molecular weight is 1120 g/mol. The van der Waals surface area contributed by atoms with Crippen molar-refractivity contribution < 1.29 is 39.6 Å². The van der Waals surface area contributed by atoms with E-state index in [2.05, 4.69) is 68.0 Å². The van der Waals surface area contributed by atoms with Crippen LogP contribution in [0.1, 0.15) is 92.9 Å². The van der Waals surface area contributed by atoms with E-state index in [1.54, 1.807) is 7.05 Å². The third kappa shape index (κ3) is 11.9. The maximum atomic E-state index is 14.0. The van der Waals surface area contributed by atoms with Gasteiger partial charge in [-0.15, -0.1) is 0 Å². The molecule has 3 aromatic rings. The van der Waals surface area contributed by atoms with Crippen molar-refractivity contribution in [2.24, 2.45) is 23.7 Å². The zero-order valence-electron chi connectivity index (χ0n) is 45.1. The summed E-state index contributed by atoms with van der Waals surface area (Å²) in [6, 6.07) is 4.36. The van der Waals surface area contributed by atoms with Crippen LogP contribution in [0, 0.1) is 23.7 Å². The number of nitrogens with one attached hydrogen (secondary N) is 9. The molecular formula is C53H76N12O9S3. The van der Waals surface area contributed by atoms with Crippen LogP contribution in [0.4, 0.5) is 31.4 Å². The first-order valence-electron chi connectivity index (χ1n) is 27.3. The van der Waals surface area contributed by atoms with Crippen LogP contribution < -0.4 is 44.9 Å². The summed E-state index contributed by atoms with van der Waals surface area (Å²) in [7, 11) is -3.62. The maximum absolute atomic E-state index is 14.0. The van der Waals surface area contributed by atoms with Gasteiger partial charge in [0, 0.05) is 62.4 Å². The molecule has 0 bridgehead atoms. The fourth-order valence-electron chi connectivity index (χ4n) is 13.3. The molecule has 10 rings (SSSR count). The van der Waals surface area contributed by atoms with Crippen molar-refractivity contribution in [2.45, 2.75) is 115 Å². The highest BCUT2D eigenvalue weighted by Crippen LogP contribution is 2.50. The molecule has 6 aliphatic carbocycles. The summed E-state index contributed by atoms with van der Waals surface area (Å²) in [6.45, 7) is 3.68. The predicted molar refractivity (Wildman–Crippen MR) is 297 cm³/mol. The number of likely N-dealkylation sites (tertiary alicyclic amines) is 1. The van der Waals surface area contributed by atoms with Gasteiger partial charge in [-0.25, -0.2) is 28.5 Å². The minimum Gasteiger partial charge on any atom is -0.318 e. The number of aryl methyl sites for hydroxylation is 2. The summed E-state index contributed by atoms with van der Waals surface area (Å²) in [5.41, 5.74) is 15.1. The number of nitrogens with zero attached hydrogens (tertiary/aromatic N) is 3. The number of anilines is 3. The molecule has 0 radical (unpaired) electrons. The molecule has 1 fully saturated rings. The minimum absolute atomic E-state index is 0.0552. The summed E-state index contributed by atoms with van der Waals surface area (Å²) in [4.78, 5) is 44.9. The molecule has 1 aliphatic heterocycles. The first kappa shape index (κ1) is 55.4. The number of carbonyl (C=O) groups is 3. The summed E-state index contributed by atoms with van der Waals surface area (Å²) in [5.74, 6) is 0.707. The Morgan fingerprint density at radius 1 is 0.584 bits per heavy atom. The Balaban J connectivity index is 0.879. The van der Waals surface area contributed by atoms with Crippen molar-refractivity contribution in [2.75, 3.05) is 83.9 Å². The lowest BCUT2D eigenvalue weighted by atomic mass is 9.86. The second-order valence-corrected chi connectivity index (χ2v) is 27.8. The number of benzene rings is 3. The van der Waals surface area contributed by atoms with Crippen LogP contribution in [0.3, 0.4) is 0 Å². The molecule has 0 aromatic heterocycles. The van der Waals surface area contributed by atoms with Crippen molar-refractivity contribution in [1.29, 1.82) is 0 Å². The van der Waals surface area contributed by atoms with Crippen LogP contribution in [0.15, 0.2) is 18.2 Å². The van der Waals surface area contributed by atoms with Crippen LogP contribution >= 0.6 is 0 Å². The number of hydrogen-bond donors (Lipinski definition) is 9. The van der Waals surface area contributed by atoms with Gasteiger partial charge in [0.2, 0.25) is 0 Å². The van der Waals surface area contributed by atoms with Gasteiger partial charge in [0.05, 0.1) is 0 Å². The minimum atomic E-state index is -4.19. The van der Waals surface area contributed by atoms with Gasteiger partial charge in [-0.2, -0.15) is 39.0 Å². The number of carbonyl (C=O) groups excluding carboxylic acids is 3. The molecule has 7 aliphatic rings. The van der Waals surface area contributed by atoms with Crippen molar-refractivity contribution in [3.63, 3.8) is 0 Å². The zero-order chi connectivity index (χ0) is 54.7. The molecule has 6 atom stereocenters. The molecule has 420 valence electrons. The average Bonchev–Trinajstić information content (AvgIpc) is 4.29. The Kier molecular flexibility index (Phi) is 15.8. The van der Waals surface area contributed by atoms with Gasteiger partial charge in [0.15, 0.2) is 0 Å². The standard InChI is InChI=1S/C53H76N12O9S3/c1-30(63(3)4)28-55-75(69,70)60-51(66)57-48-42-11-7-9-31(42)17-37-19-33(24-44(37)48)35-21-39-23-40-22-36(27-47(40)50(46(39)26-35)59-52(67)61-76(71,72)56-29-41-13-15-64(41)5)34-20-38-18-32-10-8-12-43(32)49(45(38)25-34)58-53(68)62-77(73,74)65(6)16-14-54-2/h17-18,23,30,33-36,41,54-56H,7-16,19-22,24-29H2,1-6H3,(H2,57,60,66)(H2,58,62,68)(H2,59,61,67). The number of likely N-dealkylation sites (N-methyl/N-ethyl adjacent to an activating group) is 4. The molecule has 24 heteroatoms. The number of amides is 6. The highest BCUT2D eigenvalue weighted by Gasteiger charge is 2.42. The van der Waals surface area contributed by atoms with Crippen molar-refractivity contribution in [1.82, 2.24) is 43.0 Å². The zero-order valence-corrected chi connectivity index (χ0v) is 47.5. The highest BCUT2D eigenvalue weighted by molar-refractivity contribution is 7.88. The van der Waals surface area contributed by atoms with Crippen molar-refractivity contribution >= 4 is 65.8 Å². The lowest BCUT2D eigenvalue weighted by Crippen LogP contribution is -2.53. The second-order valence-electron chi connectivity index (χ2n) is 23.0. The number of fused-ring (bicyclic) bond motifs is 6. The quantitative estimate of drug-likeness (QED) is 0.0839. The molecule has 9 N–H and O–H groups in total. The van der Waals surface area contributed by atoms with E-state index in [1.165, 1.54) is 18.2 Å². The smallest absolute Gasteiger partial charge is 0.318 e. The van der Waals surface area contributed by atoms with E-state index in [-0.39, 0.29) is 55.4 Å². The van der Waals surface area contributed by atoms with E-state index in [1.807, 2.05) is 33.0 Å². The van der Waals surface area contributed by atoms with Crippen LogP contribution in [0.2, 0.25) is 0 Å². The van der Waals surface area contributed by atoms with E-state index in [4.69, 9.17) is 0 Å². The molecule has 1 heterocycles. The highest BCUT2D eigenvalue weighted by atomic mass is 32.2. The number of urea groups is 3. The second kappa shape index (κ2) is 22.0. The van der Waals surface area contributed by atoms with E-state index < -0.39 is 48.7 Å². The van der Waals surface area contributed by atoms with Crippen LogP contribution in [0.25, 0.3) is 0 Å². The van der Waals surface area contributed by atoms with Crippen LogP contribution in [-0.4, -0.2) is 137 Å². The fraction of sp³-hybridized carbons (Fsp3) is 0.604. The van der Waals surface area contributed by atoms with E-state index in [0.717, 1.165) is 137 Å². The van der Waals surface area contributed by atoms with Gasteiger partial charge in [-0.3, -0.25) is 0 Å². The van der Waals surface area contributed by atoms with Gasteiger partial charge < -0.3 is 31.1 Å². The Hall–Kier alpha value is -4.92. The summed E-state index contributed by atoms with van der Waals surface area (Å²) in [5, 5.41) is 12.0. The summed E-state index contributed by atoms with van der Waals surface area (Å²) < 4.78 is 91.4. The third-order valence-electron chi connectivity index (χ3n) is 17.9. The molecule has 6 unspecified atom stereocenters. The normalized spacial score (nSPS) is 22.7. The van der Waals surface area contributed by atoms with E-state index in [0.29, 0.717) is 49.3 Å². The number of hydrogen-bond acceptors (Lipinski definition) is 12. The van der Waals surface area contributed by atoms with Gasteiger partial charge in [-0.1, -0.05) is 18.2 Å². The molecule has 3 aromatic carbocycles. The first-order valence-corrected chi connectivity index (χ1v) is 31.7. The third-order valence-corrected chi connectivity index (χ3v) is 21.4. The molecule has 0 saturated carbocycles. The van der Waals surface area contributed by atoms with Crippen LogP contribution in [0.5, 0.6) is 0 Å². The number of rotatable bonds is 19. The Bertz CT molecular complexity index is 3210. The lowest BCUT2D eigenvalue weighted by Gasteiger charge is -2.37. The van der Waals surface area contributed by atoms with Gasteiger partial charge in [0.1, 0.15) is 0 Å². The van der Waals surface area contributed by atoms with Crippen molar-refractivity contribution in [3.8, 4) is 0 Å². The summed E-state index contributed by atoms with van der Waals surface area (Å²) in [6.07, 6.45) is 11.8. The Morgan fingerprint density at radius 2 is 1.00 bits per heavy atom. The largest absolute Gasteiger partial charge is 0.333 e. The van der Waals surface area contributed by atoms with E-state index in [9.17, 15) is 39.6 Å². The Labute approximate surface area is 454 Å². The Morgan fingerprint density at radius 3 is 1.40 bits per heavy atom. The predicted octanol–water partition coefficient (Wildman–Crippen LogP) is 3.01. The van der Waals surface area contributed by atoms with Gasteiger partial charge in [0.25, 0.3) is 0 Å². The molecular weight excluding hydrogens is 1040 g/mol. The lowest BCUT2D eigenvalue weighted by molar-refractivity contribution is 0.130. The van der Waals surface area contributed by atoms with Crippen molar-refractivity contribution in [3.05, 3.63) is 85.0 Å². The molecule has 21 nitrogen and oxygen atoms in total. The SMILES string of the molecule is CNCCN(C)S(=O)(=O)NC(=O)Nc1c2c(cc3c1CC(C1Cc4cc5c(c(NC(=O)NS(=O)(=O)NCC6CCN6C)c4C1)CC(C1Cc4cc6c(c(NC(=O)NS(=O)(=O)NCC(C)N(C)C)c4C1)CCC6)C5)C3)CCC2. The molecule has 6 amide bonds. The van der Waals surface area contributed by atoms with E-state index >= 15 is 0 Å². The van der Waals surface area contributed by atoms with Gasteiger partial charge >= 0.3 is 48.7 Å². The topological polar surface area (TPSA) is 272 Å². The molecule has 1 saturated heterocycles. The fourth-order valence-corrected chi connectivity index (χ4v) is 15.7. The summed E-state index contributed by atoms with van der Waals surface area (Å²) >= 11 is 0. The monoisotopic (exact) mass is 1120 g/mol. The van der Waals surface area contributed by atoms with Gasteiger partial charge in [-0.05, 0) is 228 Å².